The highest BCUT2D eigenvalue weighted by atomic mass is 16.5. The van der Waals surface area contributed by atoms with Crippen LogP contribution in [0.4, 0.5) is 10.5 Å². The zero-order chi connectivity index (χ0) is 20.3. The van der Waals surface area contributed by atoms with Crippen molar-refractivity contribution < 1.29 is 19.0 Å². The number of carbonyl (C=O) groups is 1. The van der Waals surface area contributed by atoms with Gasteiger partial charge in [0.1, 0.15) is 23.9 Å². The van der Waals surface area contributed by atoms with E-state index >= 15 is 0 Å². The molecule has 150 valence electrons. The summed E-state index contributed by atoms with van der Waals surface area (Å²) >= 11 is 0. The summed E-state index contributed by atoms with van der Waals surface area (Å²) in [5.41, 5.74) is 0.585. The van der Waals surface area contributed by atoms with E-state index in [9.17, 15) is 4.79 Å². The number of para-hydroxylation sites is 3. The number of benzene rings is 3. The van der Waals surface area contributed by atoms with Gasteiger partial charge >= 0.3 is 6.03 Å². The van der Waals surface area contributed by atoms with Crippen LogP contribution in [-0.2, 0) is 0 Å². The highest BCUT2D eigenvalue weighted by Gasteiger charge is 2.08. The highest BCUT2D eigenvalue weighted by Crippen LogP contribution is 2.28. The summed E-state index contributed by atoms with van der Waals surface area (Å²) in [7, 11) is 0. The van der Waals surface area contributed by atoms with E-state index < -0.39 is 0 Å². The third-order valence-corrected chi connectivity index (χ3v) is 3.90. The lowest BCUT2D eigenvalue weighted by Crippen LogP contribution is -2.32. The van der Waals surface area contributed by atoms with E-state index in [0.29, 0.717) is 36.9 Å². The zero-order valence-electron chi connectivity index (χ0n) is 16.3. The molecule has 29 heavy (non-hydrogen) atoms. The molecule has 3 aromatic rings. The van der Waals surface area contributed by atoms with Crippen molar-refractivity contribution in [3.05, 3.63) is 78.9 Å². The largest absolute Gasteiger partial charge is 0.494 e. The monoisotopic (exact) mass is 392 g/mol. The normalized spacial score (nSPS) is 10.1. The van der Waals surface area contributed by atoms with Gasteiger partial charge in [-0.2, -0.15) is 0 Å². The van der Waals surface area contributed by atoms with Gasteiger partial charge in [-0.15, -0.1) is 0 Å². The fourth-order valence-corrected chi connectivity index (χ4v) is 2.57. The third kappa shape index (κ3) is 6.46. The zero-order valence-corrected chi connectivity index (χ0v) is 16.3. The van der Waals surface area contributed by atoms with Crippen molar-refractivity contribution in [2.45, 2.75) is 6.92 Å². The minimum absolute atomic E-state index is 0.329. The van der Waals surface area contributed by atoms with E-state index in [0.717, 1.165) is 11.5 Å². The lowest BCUT2D eigenvalue weighted by atomic mass is 10.3. The Bertz CT molecular complexity index is 898. The Balaban J connectivity index is 1.45. The number of hydrogen-bond donors (Lipinski definition) is 2. The number of amides is 2. The summed E-state index contributed by atoms with van der Waals surface area (Å²) in [6.07, 6.45) is 0. The number of urea groups is 1. The summed E-state index contributed by atoms with van der Waals surface area (Å²) in [5, 5.41) is 5.57. The Morgan fingerprint density at radius 3 is 2.17 bits per heavy atom. The predicted molar refractivity (Wildman–Crippen MR) is 113 cm³/mol. The Kier molecular flexibility index (Phi) is 7.34. The second-order valence-electron chi connectivity index (χ2n) is 6.05. The summed E-state index contributed by atoms with van der Waals surface area (Å²) in [4.78, 5) is 12.2. The fourth-order valence-electron chi connectivity index (χ4n) is 2.57. The maximum Gasteiger partial charge on any atom is 0.319 e. The predicted octanol–water partition coefficient (Wildman–Crippen LogP) is 5.08. The Morgan fingerprint density at radius 1 is 0.793 bits per heavy atom. The standard InChI is InChI=1S/C23H24N2O4/c1-2-27-18-12-14-19(15-13-18)28-17-16-24-23(26)25-21-10-6-7-11-22(21)29-20-8-4-3-5-9-20/h3-15H,2,16-17H2,1H3,(H2,24,25,26). The molecule has 2 N–H and O–H groups in total. The van der Waals surface area contributed by atoms with Gasteiger partial charge in [0, 0.05) is 0 Å². The number of carbonyl (C=O) groups excluding carboxylic acids is 1. The van der Waals surface area contributed by atoms with E-state index in [-0.39, 0.29) is 6.03 Å². The van der Waals surface area contributed by atoms with Gasteiger partial charge in [-0.25, -0.2) is 4.79 Å². The van der Waals surface area contributed by atoms with Crippen molar-refractivity contribution in [3.8, 4) is 23.0 Å². The van der Waals surface area contributed by atoms with Crippen LogP contribution in [0.5, 0.6) is 23.0 Å². The molecule has 0 aromatic heterocycles. The van der Waals surface area contributed by atoms with Crippen LogP contribution in [-0.4, -0.2) is 25.8 Å². The summed E-state index contributed by atoms with van der Waals surface area (Å²) in [5.74, 6) is 2.79. The lowest BCUT2D eigenvalue weighted by molar-refractivity contribution is 0.247. The van der Waals surface area contributed by atoms with Crippen LogP contribution in [0, 0.1) is 0 Å². The van der Waals surface area contributed by atoms with Gasteiger partial charge in [0.25, 0.3) is 0 Å². The first-order chi connectivity index (χ1) is 14.2. The van der Waals surface area contributed by atoms with Gasteiger partial charge in [0.15, 0.2) is 5.75 Å². The summed E-state index contributed by atoms with van der Waals surface area (Å²) < 4.78 is 16.9. The molecule has 0 heterocycles. The van der Waals surface area contributed by atoms with Gasteiger partial charge < -0.3 is 24.8 Å². The number of anilines is 1. The smallest absolute Gasteiger partial charge is 0.319 e. The van der Waals surface area contributed by atoms with Crippen LogP contribution in [0.2, 0.25) is 0 Å². The molecular formula is C23H24N2O4. The van der Waals surface area contributed by atoms with E-state index in [1.165, 1.54) is 0 Å². The molecule has 6 heteroatoms. The van der Waals surface area contributed by atoms with E-state index in [1.54, 1.807) is 12.1 Å². The highest BCUT2D eigenvalue weighted by molar-refractivity contribution is 5.90. The molecule has 6 nitrogen and oxygen atoms in total. The van der Waals surface area contributed by atoms with Crippen LogP contribution < -0.4 is 24.8 Å². The molecule has 0 saturated carbocycles. The molecule has 3 aromatic carbocycles. The second kappa shape index (κ2) is 10.6. The lowest BCUT2D eigenvalue weighted by Gasteiger charge is -2.13. The first-order valence-corrected chi connectivity index (χ1v) is 9.47. The van der Waals surface area contributed by atoms with Crippen LogP contribution in [0.1, 0.15) is 6.92 Å². The SMILES string of the molecule is CCOc1ccc(OCCNC(=O)Nc2ccccc2Oc2ccccc2)cc1. The van der Waals surface area contributed by atoms with Crippen molar-refractivity contribution in [1.29, 1.82) is 0 Å². The van der Waals surface area contributed by atoms with E-state index in [2.05, 4.69) is 10.6 Å². The molecule has 0 unspecified atom stereocenters. The first kappa shape index (κ1) is 20.1. The number of rotatable bonds is 9. The Morgan fingerprint density at radius 2 is 1.45 bits per heavy atom. The minimum atomic E-state index is -0.329. The van der Waals surface area contributed by atoms with Crippen molar-refractivity contribution in [1.82, 2.24) is 5.32 Å². The maximum absolute atomic E-state index is 12.2. The molecule has 0 spiro atoms. The molecule has 0 aliphatic heterocycles. The van der Waals surface area contributed by atoms with Crippen LogP contribution >= 0.6 is 0 Å². The molecule has 0 saturated heterocycles. The first-order valence-electron chi connectivity index (χ1n) is 9.47. The average molecular weight is 392 g/mol. The molecular weight excluding hydrogens is 368 g/mol. The molecule has 0 aliphatic rings. The number of nitrogens with one attached hydrogen (secondary N) is 2. The summed E-state index contributed by atoms with van der Waals surface area (Å²) in [6, 6.07) is 23.7. The van der Waals surface area contributed by atoms with Crippen LogP contribution in [0.15, 0.2) is 78.9 Å². The quantitative estimate of drug-likeness (QED) is 0.499. The van der Waals surface area contributed by atoms with Gasteiger partial charge in [0.05, 0.1) is 18.8 Å². The molecule has 0 bridgehead atoms. The fraction of sp³-hybridized carbons (Fsp3) is 0.174. The van der Waals surface area contributed by atoms with E-state index in [1.807, 2.05) is 73.7 Å². The minimum Gasteiger partial charge on any atom is -0.494 e. The van der Waals surface area contributed by atoms with Crippen molar-refractivity contribution in [2.24, 2.45) is 0 Å². The molecule has 0 atom stereocenters. The molecule has 0 aliphatic carbocycles. The Labute approximate surface area is 170 Å². The van der Waals surface area contributed by atoms with E-state index in [4.69, 9.17) is 14.2 Å². The third-order valence-electron chi connectivity index (χ3n) is 3.90. The Hall–Kier alpha value is -3.67. The number of ether oxygens (including phenoxy) is 3. The van der Waals surface area contributed by atoms with Crippen molar-refractivity contribution >= 4 is 11.7 Å². The maximum atomic E-state index is 12.2. The van der Waals surface area contributed by atoms with Gasteiger partial charge in [-0.3, -0.25) is 0 Å². The second-order valence-corrected chi connectivity index (χ2v) is 6.05. The van der Waals surface area contributed by atoms with Crippen LogP contribution in [0.25, 0.3) is 0 Å². The molecule has 0 fully saturated rings. The van der Waals surface area contributed by atoms with Gasteiger partial charge in [-0.1, -0.05) is 30.3 Å². The van der Waals surface area contributed by atoms with Gasteiger partial charge in [0.2, 0.25) is 0 Å². The molecule has 3 rings (SSSR count). The topological polar surface area (TPSA) is 68.8 Å². The van der Waals surface area contributed by atoms with Gasteiger partial charge in [-0.05, 0) is 55.5 Å². The van der Waals surface area contributed by atoms with Crippen molar-refractivity contribution in [3.63, 3.8) is 0 Å². The van der Waals surface area contributed by atoms with Crippen molar-refractivity contribution in [2.75, 3.05) is 25.1 Å². The van der Waals surface area contributed by atoms with Crippen LogP contribution in [0.3, 0.4) is 0 Å². The summed E-state index contributed by atoms with van der Waals surface area (Å²) in [6.45, 7) is 3.27. The molecule has 0 radical (unpaired) electrons. The average Bonchev–Trinajstić information content (AvgIpc) is 2.75. The molecule has 2 amide bonds. The number of hydrogen-bond acceptors (Lipinski definition) is 4.